The summed E-state index contributed by atoms with van der Waals surface area (Å²) in [6.45, 7) is 3.98. The van der Waals surface area contributed by atoms with Gasteiger partial charge < -0.3 is 9.15 Å². The van der Waals surface area contributed by atoms with Gasteiger partial charge in [-0.1, -0.05) is 42.5 Å². The van der Waals surface area contributed by atoms with E-state index in [1.54, 1.807) is 0 Å². The third kappa shape index (κ3) is 4.12. The van der Waals surface area contributed by atoms with E-state index in [1.807, 2.05) is 78.9 Å². The summed E-state index contributed by atoms with van der Waals surface area (Å²) in [6.07, 6.45) is 2.57. The minimum atomic E-state index is -0.0195. The van der Waals surface area contributed by atoms with Crippen LogP contribution in [0.4, 0.5) is 0 Å². The average molecular weight is 412 g/mol. The smallest absolute Gasteiger partial charge is 0.201 e. The number of para-hydroxylation sites is 1. The second kappa shape index (κ2) is 8.78. The lowest BCUT2D eigenvalue weighted by Crippen LogP contribution is -2.25. The molecule has 0 amide bonds. The van der Waals surface area contributed by atoms with E-state index in [2.05, 4.69) is 4.90 Å². The van der Waals surface area contributed by atoms with E-state index in [9.17, 15) is 4.79 Å². The molecular formula is C27H25NO3. The molecule has 156 valence electrons. The number of hydrogen-bond donors (Lipinski definition) is 0. The Labute approximate surface area is 181 Å². The standard InChI is InChI=1S/C27H25NO3/c29-26-23-10-4-5-11-24(23)31-27(25(26)20-8-2-1-3-9-20)21-12-14-22(15-13-21)30-19-18-28-16-6-7-17-28/h1-5,8-15H,6-7,16-19H2. The van der Waals surface area contributed by atoms with E-state index in [0.717, 1.165) is 23.4 Å². The lowest BCUT2D eigenvalue weighted by Gasteiger charge is -2.15. The number of fused-ring (bicyclic) bond motifs is 1. The minimum absolute atomic E-state index is 0.0195. The van der Waals surface area contributed by atoms with Crippen LogP contribution in [0.1, 0.15) is 12.8 Å². The van der Waals surface area contributed by atoms with E-state index < -0.39 is 0 Å². The Morgan fingerprint density at radius 1 is 0.806 bits per heavy atom. The molecule has 0 unspecified atom stereocenters. The van der Waals surface area contributed by atoms with Gasteiger partial charge in [-0.15, -0.1) is 0 Å². The molecular weight excluding hydrogens is 386 g/mol. The maximum absolute atomic E-state index is 13.4. The fourth-order valence-electron chi connectivity index (χ4n) is 4.21. The molecule has 4 heteroatoms. The zero-order valence-corrected chi connectivity index (χ0v) is 17.4. The van der Waals surface area contributed by atoms with Crippen molar-refractivity contribution >= 4 is 11.0 Å². The van der Waals surface area contributed by atoms with E-state index in [-0.39, 0.29) is 5.43 Å². The van der Waals surface area contributed by atoms with Crippen molar-refractivity contribution in [3.63, 3.8) is 0 Å². The van der Waals surface area contributed by atoms with Gasteiger partial charge in [0.1, 0.15) is 23.7 Å². The van der Waals surface area contributed by atoms with Crippen molar-refractivity contribution in [2.45, 2.75) is 12.8 Å². The van der Waals surface area contributed by atoms with Crippen molar-refractivity contribution in [2.24, 2.45) is 0 Å². The summed E-state index contributed by atoms with van der Waals surface area (Å²) in [6, 6.07) is 24.9. The highest BCUT2D eigenvalue weighted by atomic mass is 16.5. The van der Waals surface area contributed by atoms with Crippen LogP contribution in [0.3, 0.4) is 0 Å². The lowest BCUT2D eigenvalue weighted by atomic mass is 9.98. The van der Waals surface area contributed by atoms with Gasteiger partial charge in [0.15, 0.2) is 0 Å². The zero-order valence-electron chi connectivity index (χ0n) is 17.4. The molecule has 0 bridgehead atoms. The highest BCUT2D eigenvalue weighted by molar-refractivity contribution is 5.89. The molecule has 3 aromatic carbocycles. The molecule has 0 N–H and O–H groups in total. The first-order chi connectivity index (χ1) is 15.3. The van der Waals surface area contributed by atoms with E-state index in [4.69, 9.17) is 9.15 Å². The second-order valence-electron chi connectivity index (χ2n) is 7.92. The maximum atomic E-state index is 13.4. The van der Waals surface area contributed by atoms with Crippen molar-refractivity contribution in [1.82, 2.24) is 4.90 Å². The topological polar surface area (TPSA) is 42.7 Å². The quantitative estimate of drug-likeness (QED) is 0.414. The van der Waals surface area contributed by atoms with Gasteiger partial charge in [-0.2, -0.15) is 0 Å². The molecule has 0 aliphatic carbocycles. The highest BCUT2D eigenvalue weighted by Crippen LogP contribution is 2.33. The molecule has 0 saturated carbocycles. The molecule has 1 saturated heterocycles. The molecule has 0 radical (unpaired) electrons. The van der Waals surface area contributed by atoms with Gasteiger partial charge in [-0.3, -0.25) is 9.69 Å². The molecule has 4 nitrogen and oxygen atoms in total. The van der Waals surface area contributed by atoms with E-state index in [1.165, 1.54) is 25.9 Å². The molecule has 0 atom stereocenters. The van der Waals surface area contributed by atoms with Crippen molar-refractivity contribution in [3.05, 3.63) is 89.1 Å². The molecule has 1 fully saturated rings. The summed E-state index contributed by atoms with van der Waals surface area (Å²) in [5.74, 6) is 1.41. The second-order valence-corrected chi connectivity index (χ2v) is 7.92. The average Bonchev–Trinajstić information content (AvgIpc) is 3.34. The third-order valence-electron chi connectivity index (χ3n) is 5.85. The molecule has 5 rings (SSSR count). The van der Waals surface area contributed by atoms with Gasteiger partial charge in [0.05, 0.1) is 10.9 Å². The zero-order chi connectivity index (χ0) is 21.0. The Kier molecular flexibility index (Phi) is 5.55. The highest BCUT2D eigenvalue weighted by Gasteiger charge is 2.18. The number of hydrogen-bond acceptors (Lipinski definition) is 4. The molecule has 1 aliphatic rings. The van der Waals surface area contributed by atoms with E-state index >= 15 is 0 Å². The first kappa shape index (κ1) is 19.6. The predicted octanol–water partition coefficient (Wildman–Crippen LogP) is 5.60. The largest absolute Gasteiger partial charge is 0.492 e. The van der Waals surface area contributed by atoms with Crippen LogP contribution in [0.5, 0.6) is 5.75 Å². The number of rotatable bonds is 6. The van der Waals surface area contributed by atoms with Crippen LogP contribution >= 0.6 is 0 Å². The Balaban J connectivity index is 1.48. The monoisotopic (exact) mass is 411 g/mol. The number of nitrogens with zero attached hydrogens (tertiary/aromatic N) is 1. The van der Waals surface area contributed by atoms with Gasteiger partial charge in [0.25, 0.3) is 0 Å². The van der Waals surface area contributed by atoms with Gasteiger partial charge in [-0.05, 0) is 67.9 Å². The van der Waals surface area contributed by atoms with Crippen molar-refractivity contribution in [1.29, 1.82) is 0 Å². The van der Waals surface area contributed by atoms with Crippen LogP contribution in [-0.2, 0) is 0 Å². The van der Waals surface area contributed by atoms with Gasteiger partial charge in [-0.25, -0.2) is 0 Å². The summed E-state index contributed by atoms with van der Waals surface area (Å²) >= 11 is 0. The summed E-state index contributed by atoms with van der Waals surface area (Å²) < 4.78 is 12.2. The Hall–Kier alpha value is -3.37. The van der Waals surface area contributed by atoms with Crippen LogP contribution in [0.2, 0.25) is 0 Å². The molecule has 1 aliphatic heterocycles. The molecule has 4 aromatic rings. The summed E-state index contributed by atoms with van der Waals surface area (Å²) in [7, 11) is 0. The Bertz CT molecular complexity index is 1220. The predicted molar refractivity (Wildman–Crippen MR) is 125 cm³/mol. The van der Waals surface area contributed by atoms with Crippen molar-refractivity contribution in [2.75, 3.05) is 26.2 Å². The third-order valence-corrected chi connectivity index (χ3v) is 5.85. The van der Waals surface area contributed by atoms with Gasteiger partial charge in [0.2, 0.25) is 5.43 Å². The van der Waals surface area contributed by atoms with E-state index in [0.29, 0.717) is 28.9 Å². The molecule has 0 spiro atoms. The number of likely N-dealkylation sites (tertiary alicyclic amines) is 1. The first-order valence-electron chi connectivity index (χ1n) is 10.9. The molecule has 31 heavy (non-hydrogen) atoms. The SMILES string of the molecule is O=c1c(-c2ccccc2)c(-c2ccc(OCCN3CCCC3)cc2)oc2ccccc12. The Morgan fingerprint density at radius 3 is 2.29 bits per heavy atom. The van der Waals surface area contributed by atoms with Crippen LogP contribution in [0, 0.1) is 0 Å². The van der Waals surface area contributed by atoms with Crippen molar-refractivity contribution < 1.29 is 9.15 Å². The minimum Gasteiger partial charge on any atom is -0.492 e. The summed E-state index contributed by atoms with van der Waals surface area (Å²) in [5, 5.41) is 0.590. The van der Waals surface area contributed by atoms with Crippen LogP contribution in [0.15, 0.2) is 88.1 Å². The van der Waals surface area contributed by atoms with Gasteiger partial charge in [0, 0.05) is 12.1 Å². The van der Waals surface area contributed by atoms with Gasteiger partial charge >= 0.3 is 0 Å². The number of ether oxygens (including phenoxy) is 1. The van der Waals surface area contributed by atoms with Crippen LogP contribution in [-0.4, -0.2) is 31.1 Å². The molecule has 2 heterocycles. The first-order valence-corrected chi connectivity index (χ1v) is 10.9. The Morgan fingerprint density at radius 2 is 1.52 bits per heavy atom. The van der Waals surface area contributed by atoms with Crippen molar-refractivity contribution in [3.8, 4) is 28.2 Å². The molecule has 1 aromatic heterocycles. The summed E-state index contributed by atoms with van der Waals surface area (Å²) in [5.41, 5.74) is 2.86. The number of benzene rings is 3. The normalized spacial score (nSPS) is 14.2. The summed E-state index contributed by atoms with van der Waals surface area (Å²) in [4.78, 5) is 15.8. The van der Waals surface area contributed by atoms with Crippen LogP contribution < -0.4 is 10.2 Å². The maximum Gasteiger partial charge on any atom is 0.201 e. The van der Waals surface area contributed by atoms with Crippen LogP contribution in [0.25, 0.3) is 33.4 Å². The lowest BCUT2D eigenvalue weighted by molar-refractivity contribution is 0.238. The fourth-order valence-corrected chi connectivity index (χ4v) is 4.21. The fraction of sp³-hybridized carbons (Fsp3) is 0.222.